The Hall–Kier alpha value is -4.55. The van der Waals surface area contributed by atoms with Gasteiger partial charge in [-0.05, 0) is 37.1 Å². The van der Waals surface area contributed by atoms with Crippen LogP contribution in [-0.4, -0.2) is 48.9 Å². The number of aliphatic carboxylic acids is 2. The van der Waals surface area contributed by atoms with Crippen molar-refractivity contribution in [2.24, 2.45) is 0 Å². The summed E-state index contributed by atoms with van der Waals surface area (Å²) >= 11 is 0. The zero-order valence-electron chi connectivity index (χ0n) is 16.5. The van der Waals surface area contributed by atoms with Crippen molar-refractivity contribution in [2.45, 2.75) is 25.4 Å². The molecule has 0 aliphatic carbocycles. The number of aromatic amines is 1. The number of carbonyl (C=O) groups is 3. The highest BCUT2D eigenvalue weighted by Crippen LogP contribution is 2.12. The zero-order chi connectivity index (χ0) is 23.3. The van der Waals surface area contributed by atoms with Gasteiger partial charge in [0.2, 0.25) is 5.95 Å². The summed E-state index contributed by atoms with van der Waals surface area (Å²) in [5, 5.41) is 25.0. The molecule has 0 saturated carbocycles. The van der Waals surface area contributed by atoms with Crippen molar-refractivity contribution >= 4 is 40.6 Å². The number of hydrogen-bond donors (Lipinski definition) is 5. The number of hydrogen-bond acceptors (Lipinski definition) is 10. The van der Waals surface area contributed by atoms with E-state index in [2.05, 4.69) is 30.6 Å². The fraction of sp³-hybridized carbons (Fsp3) is 0.211. The molecule has 0 aliphatic rings. The van der Waals surface area contributed by atoms with Gasteiger partial charge < -0.3 is 31.4 Å². The van der Waals surface area contributed by atoms with Crippen molar-refractivity contribution in [1.29, 1.82) is 0 Å². The highest BCUT2D eigenvalue weighted by atomic mass is 16.4. The Labute approximate surface area is 179 Å². The molecular formula is C19H18N7O6-. The molecule has 1 aromatic carbocycles. The fourth-order valence-electron chi connectivity index (χ4n) is 2.75. The van der Waals surface area contributed by atoms with Crippen molar-refractivity contribution < 1.29 is 24.6 Å². The number of nitrogens with one attached hydrogen (secondary N) is 3. The lowest BCUT2D eigenvalue weighted by Gasteiger charge is -2.15. The summed E-state index contributed by atoms with van der Waals surface area (Å²) in [4.78, 5) is 60.4. The van der Waals surface area contributed by atoms with E-state index in [1.165, 1.54) is 18.3 Å². The molecule has 166 valence electrons. The van der Waals surface area contributed by atoms with Crippen LogP contribution in [0.5, 0.6) is 0 Å². The number of nitrogens with zero attached hydrogens (tertiary/aromatic N) is 3. The number of anilines is 2. The quantitative estimate of drug-likeness (QED) is 0.261. The van der Waals surface area contributed by atoms with E-state index in [1.807, 2.05) is 0 Å². The third-order valence-corrected chi connectivity index (χ3v) is 4.35. The summed E-state index contributed by atoms with van der Waals surface area (Å²) in [7, 11) is 0. The van der Waals surface area contributed by atoms with Gasteiger partial charge in [0.1, 0.15) is 6.04 Å². The predicted molar refractivity (Wildman–Crippen MR) is 109 cm³/mol. The Morgan fingerprint density at radius 3 is 2.56 bits per heavy atom. The first-order chi connectivity index (χ1) is 15.2. The lowest BCUT2D eigenvalue weighted by atomic mass is 10.1. The highest BCUT2D eigenvalue weighted by Gasteiger charge is 2.20. The van der Waals surface area contributed by atoms with Crippen LogP contribution in [0.15, 0.2) is 35.3 Å². The zero-order valence-corrected chi connectivity index (χ0v) is 16.5. The van der Waals surface area contributed by atoms with E-state index in [0.29, 0.717) is 11.4 Å². The predicted octanol–water partition coefficient (Wildman–Crippen LogP) is -1.38. The molecule has 0 aliphatic heterocycles. The number of amides is 1. The third kappa shape index (κ3) is 5.53. The first-order valence-electron chi connectivity index (χ1n) is 9.32. The van der Waals surface area contributed by atoms with E-state index in [9.17, 15) is 24.3 Å². The fourth-order valence-corrected chi connectivity index (χ4v) is 2.75. The van der Waals surface area contributed by atoms with Gasteiger partial charge in [0.05, 0.1) is 18.4 Å². The van der Waals surface area contributed by atoms with Gasteiger partial charge in [0.15, 0.2) is 11.2 Å². The largest absolute Gasteiger partial charge is 0.550 e. The first-order valence-corrected chi connectivity index (χ1v) is 9.32. The topological polar surface area (TPSA) is 216 Å². The molecule has 3 rings (SSSR count). The molecule has 13 heteroatoms. The molecule has 0 spiro atoms. The second-order valence-electron chi connectivity index (χ2n) is 6.69. The molecular weight excluding hydrogens is 422 g/mol. The van der Waals surface area contributed by atoms with Crippen LogP contribution in [0.25, 0.3) is 11.2 Å². The van der Waals surface area contributed by atoms with E-state index < -0.39 is 35.9 Å². The summed E-state index contributed by atoms with van der Waals surface area (Å²) in [6.07, 6.45) is 0.662. The molecule has 1 atom stereocenters. The van der Waals surface area contributed by atoms with E-state index >= 15 is 0 Å². The van der Waals surface area contributed by atoms with Gasteiger partial charge in [0.25, 0.3) is 11.5 Å². The summed E-state index contributed by atoms with van der Waals surface area (Å²) in [6.45, 7) is 0.225. The molecule has 32 heavy (non-hydrogen) atoms. The van der Waals surface area contributed by atoms with Crippen LogP contribution in [0, 0.1) is 0 Å². The molecule has 0 saturated heterocycles. The van der Waals surface area contributed by atoms with Crippen LogP contribution in [0.2, 0.25) is 0 Å². The molecule has 2 aromatic heterocycles. The second-order valence-corrected chi connectivity index (χ2v) is 6.69. The second kappa shape index (κ2) is 9.51. The van der Waals surface area contributed by atoms with Gasteiger partial charge >= 0.3 is 5.97 Å². The number of carboxylic acids is 2. The van der Waals surface area contributed by atoms with Crippen LogP contribution < -0.4 is 27.0 Å². The van der Waals surface area contributed by atoms with Crippen LogP contribution in [0.4, 0.5) is 11.6 Å². The monoisotopic (exact) mass is 440 g/mol. The number of carbonyl (C=O) groups excluding carboxylic acids is 2. The Balaban J connectivity index is 1.62. The van der Waals surface area contributed by atoms with Crippen molar-refractivity contribution in [3.05, 3.63) is 52.1 Å². The molecule has 0 fully saturated rings. The summed E-state index contributed by atoms with van der Waals surface area (Å²) in [6, 6.07) is 4.78. The maximum absolute atomic E-state index is 12.3. The number of nitrogens with two attached hydrogens (primary N) is 1. The number of fused-ring (bicyclic) bond motifs is 1. The van der Waals surface area contributed by atoms with E-state index in [4.69, 9.17) is 10.8 Å². The third-order valence-electron chi connectivity index (χ3n) is 4.35. The van der Waals surface area contributed by atoms with Crippen LogP contribution in [-0.2, 0) is 16.1 Å². The SMILES string of the molecule is Nc1nc2ncc(CNc3ccc(C(=O)NC(CCC(=O)[O-])C(=O)O)cc3)nc2c(=O)[nH]1. The summed E-state index contributed by atoms with van der Waals surface area (Å²) in [5.41, 5.74) is 6.43. The summed E-state index contributed by atoms with van der Waals surface area (Å²) in [5.74, 6) is -3.46. The normalized spacial score (nSPS) is 11.6. The van der Waals surface area contributed by atoms with E-state index in [1.54, 1.807) is 12.1 Å². The maximum atomic E-state index is 12.3. The van der Waals surface area contributed by atoms with Crippen LogP contribution in [0.3, 0.4) is 0 Å². The van der Waals surface area contributed by atoms with Gasteiger partial charge in [0, 0.05) is 17.2 Å². The van der Waals surface area contributed by atoms with E-state index in [-0.39, 0.29) is 35.6 Å². The minimum absolute atomic E-state index is 0.0529. The number of nitrogen functional groups attached to an aromatic ring is 1. The van der Waals surface area contributed by atoms with Gasteiger partial charge in [-0.15, -0.1) is 0 Å². The Kier molecular flexibility index (Phi) is 6.58. The molecule has 13 nitrogen and oxygen atoms in total. The Morgan fingerprint density at radius 2 is 1.91 bits per heavy atom. The average molecular weight is 440 g/mol. The van der Waals surface area contributed by atoms with E-state index in [0.717, 1.165) is 0 Å². The van der Waals surface area contributed by atoms with Gasteiger partial charge in [-0.25, -0.2) is 14.8 Å². The molecule has 0 radical (unpaired) electrons. The van der Waals surface area contributed by atoms with Crippen LogP contribution >= 0.6 is 0 Å². The minimum atomic E-state index is -1.40. The molecule has 2 heterocycles. The molecule has 6 N–H and O–H groups in total. The Morgan fingerprint density at radius 1 is 1.19 bits per heavy atom. The van der Waals surface area contributed by atoms with Crippen molar-refractivity contribution in [1.82, 2.24) is 25.3 Å². The maximum Gasteiger partial charge on any atom is 0.326 e. The van der Waals surface area contributed by atoms with Gasteiger partial charge in [-0.1, -0.05) is 0 Å². The van der Waals surface area contributed by atoms with Crippen molar-refractivity contribution in [2.75, 3.05) is 11.1 Å². The standard InChI is InChI=1S/C19H19N7O6/c20-19-25-15-14(17(30)26-19)23-11(8-22-15)7-21-10-3-1-9(2-4-10)16(29)24-12(18(31)32)5-6-13(27)28/h1-4,8,12,21H,5-7H2,(H,24,29)(H,27,28)(H,31,32)(H3,20,22,25,26,30)/p-1. The summed E-state index contributed by atoms with van der Waals surface area (Å²) < 4.78 is 0. The van der Waals surface area contributed by atoms with Crippen molar-refractivity contribution in [3.8, 4) is 0 Å². The lowest BCUT2D eigenvalue weighted by molar-refractivity contribution is -0.305. The van der Waals surface area contributed by atoms with Crippen molar-refractivity contribution in [3.63, 3.8) is 0 Å². The number of carboxylic acid groups (broad SMARTS) is 2. The average Bonchev–Trinajstić information content (AvgIpc) is 2.75. The van der Waals surface area contributed by atoms with Crippen LogP contribution in [0.1, 0.15) is 28.9 Å². The molecule has 0 bridgehead atoms. The number of rotatable bonds is 9. The molecule has 1 amide bonds. The number of aromatic nitrogens is 4. The number of benzene rings is 1. The number of H-pyrrole nitrogens is 1. The minimum Gasteiger partial charge on any atom is -0.550 e. The lowest BCUT2D eigenvalue weighted by Crippen LogP contribution is -2.41. The molecule has 1 unspecified atom stereocenters. The highest BCUT2D eigenvalue weighted by molar-refractivity contribution is 5.96. The molecule has 3 aromatic rings. The van der Waals surface area contributed by atoms with Gasteiger partial charge in [-0.3, -0.25) is 14.6 Å². The smallest absolute Gasteiger partial charge is 0.326 e. The Bertz CT molecular complexity index is 1230. The first kappa shape index (κ1) is 22.1. The van der Waals surface area contributed by atoms with Gasteiger partial charge in [-0.2, -0.15) is 4.98 Å².